The van der Waals surface area contributed by atoms with E-state index in [1.54, 1.807) is 11.3 Å². The summed E-state index contributed by atoms with van der Waals surface area (Å²) in [7, 11) is 1.91. The summed E-state index contributed by atoms with van der Waals surface area (Å²) in [6.07, 6.45) is 0. The van der Waals surface area contributed by atoms with Gasteiger partial charge in [-0.15, -0.1) is 11.3 Å². The molecule has 0 atom stereocenters. The number of thiazole rings is 1. The minimum absolute atomic E-state index is 0.701. The average Bonchev–Trinajstić information content (AvgIpc) is 2.78. The molecule has 2 aromatic heterocycles. The van der Waals surface area contributed by atoms with Crippen LogP contribution in [0.4, 0.5) is 0 Å². The van der Waals surface area contributed by atoms with Gasteiger partial charge in [-0.05, 0) is 13.8 Å². The molecule has 0 amide bonds. The first-order valence-electron chi connectivity index (χ1n) is 5.37. The van der Waals surface area contributed by atoms with Crippen LogP contribution in [0, 0.1) is 13.8 Å². The van der Waals surface area contributed by atoms with Gasteiger partial charge < -0.3 is 5.32 Å². The van der Waals surface area contributed by atoms with Gasteiger partial charge in [-0.2, -0.15) is 5.10 Å². The number of hydrogen-bond donors (Lipinski definition) is 1. The molecule has 0 radical (unpaired) electrons. The van der Waals surface area contributed by atoms with Gasteiger partial charge in [0.1, 0.15) is 0 Å². The van der Waals surface area contributed by atoms with Gasteiger partial charge in [-0.3, -0.25) is 4.68 Å². The molecule has 0 aromatic carbocycles. The highest BCUT2D eigenvalue weighted by Crippen LogP contribution is 2.19. The number of nitrogens with one attached hydrogen (secondary N) is 1. The lowest BCUT2D eigenvalue weighted by Gasteiger charge is -2.04. The molecule has 0 bridgehead atoms. The van der Waals surface area contributed by atoms with Crippen LogP contribution in [-0.4, -0.2) is 14.8 Å². The van der Waals surface area contributed by atoms with Gasteiger partial charge in [0, 0.05) is 25.5 Å². The second kappa shape index (κ2) is 5.16. The average molecular weight is 271 g/mol. The number of aryl methyl sites for hydroxylation is 3. The fourth-order valence-electron chi connectivity index (χ4n) is 1.67. The minimum Gasteiger partial charge on any atom is -0.305 e. The van der Waals surface area contributed by atoms with Crippen molar-refractivity contribution in [1.82, 2.24) is 20.1 Å². The zero-order valence-corrected chi connectivity index (χ0v) is 11.7. The summed E-state index contributed by atoms with van der Waals surface area (Å²) in [6, 6.07) is 0. The van der Waals surface area contributed by atoms with Gasteiger partial charge >= 0.3 is 0 Å². The maximum absolute atomic E-state index is 6.16. The Morgan fingerprint density at radius 3 is 2.71 bits per heavy atom. The molecule has 0 spiro atoms. The summed E-state index contributed by atoms with van der Waals surface area (Å²) in [4.78, 5) is 4.39. The quantitative estimate of drug-likeness (QED) is 0.928. The second-order valence-corrected chi connectivity index (χ2v) is 5.37. The van der Waals surface area contributed by atoms with Crippen molar-refractivity contribution in [3.8, 4) is 0 Å². The predicted octanol–water partition coefficient (Wildman–Crippen LogP) is 2.44. The molecule has 1 N–H and O–H groups in total. The van der Waals surface area contributed by atoms with E-state index in [0.29, 0.717) is 6.54 Å². The molecule has 17 heavy (non-hydrogen) atoms. The van der Waals surface area contributed by atoms with Crippen LogP contribution in [0.3, 0.4) is 0 Å². The first kappa shape index (κ1) is 12.5. The smallest absolute Gasteiger partial charge is 0.0897 e. The summed E-state index contributed by atoms with van der Waals surface area (Å²) < 4.78 is 1.82. The van der Waals surface area contributed by atoms with Crippen LogP contribution in [0.15, 0.2) is 5.38 Å². The van der Waals surface area contributed by atoms with Crippen LogP contribution < -0.4 is 5.32 Å². The topological polar surface area (TPSA) is 42.7 Å². The molecule has 0 saturated carbocycles. The van der Waals surface area contributed by atoms with Crippen LogP contribution in [0.5, 0.6) is 0 Å². The van der Waals surface area contributed by atoms with Gasteiger partial charge in [0.2, 0.25) is 0 Å². The van der Waals surface area contributed by atoms with Crippen molar-refractivity contribution in [2.45, 2.75) is 26.9 Å². The predicted molar refractivity (Wildman–Crippen MR) is 70.3 cm³/mol. The molecule has 92 valence electrons. The molecule has 2 heterocycles. The lowest BCUT2D eigenvalue weighted by molar-refractivity contribution is 0.619. The largest absolute Gasteiger partial charge is 0.305 e. The Morgan fingerprint density at radius 1 is 1.41 bits per heavy atom. The number of hydrogen-bond acceptors (Lipinski definition) is 4. The summed E-state index contributed by atoms with van der Waals surface area (Å²) in [6.45, 7) is 5.38. The maximum Gasteiger partial charge on any atom is 0.0897 e. The Hall–Kier alpha value is -0.910. The molecule has 4 nitrogen and oxygen atoms in total. The molecule has 2 aromatic rings. The Labute approximate surface area is 110 Å². The van der Waals surface area contributed by atoms with Crippen molar-refractivity contribution in [3.05, 3.63) is 32.5 Å². The molecule has 0 fully saturated rings. The molecular formula is C11H15ClN4S. The standard InChI is InChI=1S/C11H15ClN4S/c1-7-11(12)10(16(3)15-7)5-13-4-9-6-17-8(2)14-9/h6,13H,4-5H2,1-3H3. The van der Waals surface area contributed by atoms with E-state index < -0.39 is 0 Å². The molecule has 0 aliphatic rings. The van der Waals surface area contributed by atoms with Crippen molar-refractivity contribution < 1.29 is 0 Å². The molecule has 0 aliphatic carbocycles. The van der Waals surface area contributed by atoms with Gasteiger partial charge in [0.25, 0.3) is 0 Å². The van der Waals surface area contributed by atoms with Crippen LogP contribution in [0.25, 0.3) is 0 Å². The molecule has 6 heteroatoms. The highest BCUT2D eigenvalue weighted by Gasteiger charge is 2.10. The Balaban J connectivity index is 1.94. The summed E-state index contributed by atoms with van der Waals surface area (Å²) in [5, 5.41) is 11.5. The SMILES string of the molecule is Cc1nc(CNCc2c(Cl)c(C)nn2C)cs1. The van der Waals surface area contributed by atoms with Crippen molar-refractivity contribution in [3.63, 3.8) is 0 Å². The van der Waals surface area contributed by atoms with Crippen molar-refractivity contribution >= 4 is 22.9 Å². The van der Waals surface area contributed by atoms with E-state index in [9.17, 15) is 0 Å². The Kier molecular flexibility index (Phi) is 3.81. The first-order valence-corrected chi connectivity index (χ1v) is 6.63. The second-order valence-electron chi connectivity index (χ2n) is 3.93. The van der Waals surface area contributed by atoms with E-state index in [1.165, 1.54) is 0 Å². The van der Waals surface area contributed by atoms with Crippen molar-refractivity contribution in [2.75, 3.05) is 0 Å². The fraction of sp³-hybridized carbons (Fsp3) is 0.455. The van der Waals surface area contributed by atoms with Crippen LogP contribution >= 0.6 is 22.9 Å². The monoisotopic (exact) mass is 270 g/mol. The third-order valence-corrected chi connectivity index (χ3v) is 3.84. The zero-order valence-electron chi connectivity index (χ0n) is 10.1. The lowest BCUT2D eigenvalue weighted by atomic mass is 10.3. The van der Waals surface area contributed by atoms with Crippen molar-refractivity contribution in [1.29, 1.82) is 0 Å². The number of rotatable bonds is 4. The van der Waals surface area contributed by atoms with Crippen molar-refractivity contribution in [2.24, 2.45) is 7.05 Å². The lowest BCUT2D eigenvalue weighted by Crippen LogP contribution is -2.15. The molecule has 0 saturated heterocycles. The van der Waals surface area contributed by atoms with E-state index in [4.69, 9.17) is 11.6 Å². The summed E-state index contributed by atoms with van der Waals surface area (Å²) in [5.74, 6) is 0. The first-order chi connectivity index (χ1) is 8.08. The summed E-state index contributed by atoms with van der Waals surface area (Å²) >= 11 is 7.83. The molecular weight excluding hydrogens is 256 g/mol. The zero-order chi connectivity index (χ0) is 12.4. The van der Waals surface area contributed by atoms with Crippen LogP contribution in [0.2, 0.25) is 5.02 Å². The Morgan fingerprint density at radius 2 is 2.18 bits per heavy atom. The van der Waals surface area contributed by atoms with E-state index in [1.807, 2.05) is 25.6 Å². The van der Waals surface area contributed by atoms with E-state index in [-0.39, 0.29) is 0 Å². The van der Waals surface area contributed by atoms with Gasteiger partial charge in [-0.1, -0.05) is 11.6 Å². The van der Waals surface area contributed by atoms with E-state index >= 15 is 0 Å². The van der Waals surface area contributed by atoms with E-state index in [2.05, 4.69) is 20.8 Å². The fourth-order valence-corrected chi connectivity index (χ4v) is 2.51. The molecule has 2 rings (SSSR count). The van der Waals surface area contributed by atoms with Crippen LogP contribution in [-0.2, 0) is 20.1 Å². The van der Waals surface area contributed by atoms with Crippen LogP contribution in [0.1, 0.15) is 22.1 Å². The summed E-state index contributed by atoms with van der Waals surface area (Å²) in [5.41, 5.74) is 2.95. The molecule has 0 unspecified atom stereocenters. The number of halogens is 1. The van der Waals surface area contributed by atoms with Gasteiger partial charge in [0.15, 0.2) is 0 Å². The Bertz CT molecular complexity index is 518. The normalized spacial score (nSPS) is 11.1. The third kappa shape index (κ3) is 2.86. The number of aromatic nitrogens is 3. The van der Waals surface area contributed by atoms with E-state index in [0.717, 1.165) is 33.7 Å². The molecule has 0 aliphatic heterocycles. The van der Waals surface area contributed by atoms with Gasteiger partial charge in [0.05, 0.1) is 27.1 Å². The van der Waals surface area contributed by atoms with Gasteiger partial charge in [-0.25, -0.2) is 4.98 Å². The number of nitrogens with zero attached hydrogens (tertiary/aromatic N) is 3. The highest BCUT2D eigenvalue weighted by atomic mass is 35.5. The maximum atomic E-state index is 6.16. The minimum atomic E-state index is 0.701. The third-order valence-electron chi connectivity index (χ3n) is 2.53. The highest BCUT2D eigenvalue weighted by molar-refractivity contribution is 7.09.